The summed E-state index contributed by atoms with van der Waals surface area (Å²) in [5, 5.41) is 1.89. The highest BCUT2D eigenvalue weighted by Crippen LogP contribution is 2.25. The number of hydrogen-bond acceptors (Lipinski definition) is 5. The Balaban J connectivity index is 1.63. The van der Waals surface area contributed by atoms with Crippen LogP contribution in [0.15, 0.2) is 106 Å². The van der Waals surface area contributed by atoms with Gasteiger partial charge in [-0.05, 0) is 47.8 Å². The molecule has 0 bridgehead atoms. The van der Waals surface area contributed by atoms with Crippen LogP contribution in [0.25, 0.3) is 11.0 Å². The van der Waals surface area contributed by atoms with Gasteiger partial charge in [-0.3, -0.25) is 23.6 Å². The molecule has 2 aromatic carbocycles. The Kier molecular flexibility index (Phi) is 5.88. The number of amides is 1. The zero-order chi connectivity index (χ0) is 23.5. The van der Waals surface area contributed by atoms with Crippen molar-refractivity contribution in [1.29, 1.82) is 0 Å². The van der Waals surface area contributed by atoms with E-state index in [1.807, 2.05) is 78.2 Å². The summed E-state index contributed by atoms with van der Waals surface area (Å²) in [7, 11) is 0. The first kappa shape index (κ1) is 21.5. The number of benzene rings is 2. The highest BCUT2D eigenvalue weighted by molar-refractivity contribution is 7.09. The van der Waals surface area contributed by atoms with Gasteiger partial charge in [-0.1, -0.05) is 42.5 Å². The van der Waals surface area contributed by atoms with E-state index in [1.165, 1.54) is 22.1 Å². The maximum atomic E-state index is 13.7. The van der Waals surface area contributed by atoms with Gasteiger partial charge in [0.05, 0.1) is 12.1 Å². The van der Waals surface area contributed by atoms with Crippen molar-refractivity contribution in [1.82, 2.24) is 14.1 Å². The van der Waals surface area contributed by atoms with Crippen molar-refractivity contribution >= 4 is 39.7 Å². The molecule has 0 saturated heterocycles. The summed E-state index contributed by atoms with van der Waals surface area (Å²) >= 11 is 1.46. The molecule has 0 aliphatic carbocycles. The smallest absolute Gasteiger partial charge is 0.282 e. The van der Waals surface area contributed by atoms with Gasteiger partial charge in [-0.15, -0.1) is 11.3 Å². The van der Waals surface area contributed by atoms with Crippen LogP contribution in [0.5, 0.6) is 0 Å². The molecule has 0 saturated carbocycles. The van der Waals surface area contributed by atoms with Crippen LogP contribution in [0.2, 0.25) is 0 Å². The molecule has 0 unspecified atom stereocenters. The first-order valence-corrected chi connectivity index (χ1v) is 11.6. The lowest BCUT2D eigenvalue weighted by Gasteiger charge is -2.24. The zero-order valence-electron chi connectivity index (χ0n) is 18.1. The molecule has 0 N–H and O–H groups in total. The Labute approximate surface area is 198 Å². The van der Waals surface area contributed by atoms with Crippen molar-refractivity contribution in [2.45, 2.75) is 13.1 Å². The maximum Gasteiger partial charge on any atom is 0.332 e. The van der Waals surface area contributed by atoms with Crippen molar-refractivity contribution in [3.8, 4) is 0 Å². The molecular formula is C26H20N4O3S. The molecule has 0 fully saturated rings. The standard InChI is InChI=1S/C26H20N4O3S/c31-23(30(19-9-3-1-4-10-19)20-11-5-2-6-12-20)18-28-22-14-7-15-27-24(22)25(32)29(26(28)33)17-21-13-8-16-34-21/h1-16H,17-18H2. The summed E-state index contributed by atoms with van der Waals surface area (Å²) in [6.45, 7) is -0.132. The lowest BCUT2D eigenvalue weighted by molar-refractivity contribution is -0.118. The van der Waals surface area contributed by atoms with Crippen LogP contribution < -0.4 is 16.1 Å². The monoisotopic (exact) mass is 468 g/mol. The van der Waals surface area contributed by atoms with Crippen molar-refractivity contribution in [3.05, 3.63) is 122 Å². The summed E-state index contributed by atoms with van der Waals surface area (Å²) in [5.41, 5.74) is 0.822. The van der Waals surface area contributed by atoms with Gasteiger partial charge in [0.1, 0.15) is 6.54 Å². The summed E-state index contributed by atoms with van der Waals surface area (Å²) in [6.07, 6.45) is 1.51. The molecule has 34 heavy (non-hydrogen) atoms. The van der Waals surface area contributed by atoms with Crippen LogP contribution in [-0.2, 0) is 17.9 Å². The Morgan fingerprint density at radius 2 is 1.50 bits per heavy atom. The molecule has 5 rings (SSSR count). The second-order valence-corrected chi connectivity index (χ2v) is 8.64. The van der Waals surface area contributed by atoms with E-state index < -0.39 is 11.2 Å². The number of carbonyl (C=O) groups excluding carboxylic acids is 1. The first-order chi connectivity index (χ1) is 16.6. The van der Waals surface area contributed by atoms with Gasteiger partial charge in [0.2, 0.25) is 0 Å². The van der Waals surface area contributed by atoms with Gasteiger partial charge in [-0.25, -0.2) is 9.78 Å². The van der Waals surface area contributed by atoms with Crippen LogP contribution in [0.4, 0.5) is 11.4 Å². The molecule has 0 spiro atoms. The van der Waals surface area contributed by atoms with Gasteiger partial charge in [0.25, 0.3) is 11.5 Å². The van der Waals surface area contributed by atoms with Gasteiger partial charge >= 0.3 is 5.69 Å². The number of carbonyl (C=O) groups is 1. The number of para-hydroxylation sites is 2. The molecule has 1 amide bonds. The molecule has 7 nitrogen and oxygen atoms in total. The predicted octanol–water partition coefficient (Wildman–Crippen LogP) is 4.03. The predicted molar refractivity (Wildman–Crippen MR) is 134 cm³/mol. The van der Waals surface area contributed by atoms with E-state index in [1.54, 1.807) is 17.0 Å². The van der Waals surface area contributed by atoms with E-state index in [0.29, 0.717) is 16.9 Å². The van der Waals surface area contributed by atoms with E-state index in [0.717, 1.165) is 9.44 Å². The van der Waals surface area contributed by atoms with Crippen LogP contribution >= 0.6 is 11.3 Å². The number of rotatable bonds is 6. The summed E-state index contributed by atoms with van der Waals surface area (Å²) < 4.78 is 2.47. The minimum Gasteiger partial charge on any atom is -0.282 e. The van der Waals surface area contributed by atoms with Crippen LogP contribution in [-0.4, -0.2) is 20.0 Å². The summed E-state index contributed by atoms with van der Waals surface area (Å²) in [4.78, 5) is 46.9. The Hall–Kier alpha value is -4.30. The number of anilines is 2. The highest BCUT2D eigenvalue weighted by Gasteiger charge is 2.22. The van der Waals surface area contributed by atoms with Crippen LogP contribution in [0.3, 0.4) is 0 Å². The summed E-state index contributed by atoms with van der Waals surface area (Å²) in [6, 6.07) is 25.5. The van der Waals surface area contributed by atoms with E-state index in [2.05, 4.69) is 4.98 Å². The lowest BCUT2D eigenvalue weighted by Crippen LogP contribution is -2.43. The minimum absolute atomic E-state index is 0.122. The lowest BCUT2D eigenvalue weighted by atomic mass is 10.2. The van der Waals surface area contributed by atoms with Gasteiger partial charge < -0.3 is 0 Å². The molecule has 168 valence electrons. The fraction of sp³-hybridized carbons (Fsp3) is 0.0769. The third kappa shape index (κ3) is 4.06. The number of fused-ring (bicyclic) bond motifs is 1. The van der Waals surface area contributed by atoms with Crippen molar-refractivity contribution in [2.24, 2.45) is 0 Å². The Bertz CT molecular complexity index is 1520. The Morgan fingerprint density at radius 1 is 0.824 bits per heavy atom. The molecule has 0 aliphatic rings. The van der Waals surface area contributed by atoms with Gasteiger partial charge in [0, 0.05) is 22.4 Å². The van der Waals surface area contributed by atoms with Gasteiger partial charge in [0.15, 0.2) is 5.52 Å². The molecule has 0 atom stereocenters. The SMILES string of the molecule is O=C(Cn1c(=O)n(Cc2cccs2)c(=O)c2ncccc21)N(c1ccccc1)c1ccccc1. The van der Waals surface area contributed by atoms with E-state index in [-0.39, 0.29) is 24.5 Å². The van der Waals surface area contributed by atoms with E-state index >= 15 is 0 Å². The quantitative estimate of drug-likeness (QED) is 0.377. The maximum absolute atomic E-state index is 13.7. The molecule has 3 aromatic heterocycles. The normalized spacial score (nSPS) is 10.9. The molecule has 3 heterocycles. The molecule has 8 heteroatoms. The fourth-order valence-corrected chi connectivity index (χ4v) is 4.58. The molecule has 0 radical (unpaired) electrons. The Morgan fingerprint density at radius 3 is 2.12 bits per heavy atom. The number of hydrogen-bond donors (Lipinski definition) is 0. The average molecular weight is 469 g/mol. The topological polar surface area (TPSA) is 77.2 Å². The van der Waals surface area contributed by atoms with E-state index in [4.69, 9.17) is 0 Å². The second-order valence-electron chi connectivity index (χ2n) is 7.61. The number of pyridine rings is 1. The van der Waals surface area contributed by atoms with Crippen molar-refractivity contribution < 1.29 is 4.79 Å². The second kappa shape index (κ2) is 9.29. The number of thiophene rings is 1. The number of aromatic nitrogens is 3. The molecule has 5 aromatic rings. The van der Waals surface area contributed by atoms with Gasteiger partial charge in [-0.2, -0.15) is 0 Å². The average Bonchev–Trinajstić information content (AvgIpc) is 3.39. The van der Waals surface area contributed by atoms with Crippen LogP contribution in [0, 0.1) is 0 Å². The molecule has 0 aliphatic heterocycles. The third-order valence-corrected chi connectivity index (χ3v) is 6.31. The zero-order valence-corrected chi connectivity index (χ0v) is 18.9. The van der Waals surface area contributed by atoms with Crippen molar-refractivity contribution in [3.63, 3.8) is 0 Å². The minimum atomic E-state index is -0.548. The van der Waals surface area contributed by atoms with E-state index in [9.17, 15) is 14.4 Å². The van der Waals surface area contributed by atoms with Crippen molar-refractivity contribution in [2.75, 3.05) is 4.90 Å². The molecular weight excluding hydrogens is 448 g/mol. The summed E-state index contributed by atoms with van der Waals surface area (Å²) in [5.74, 6) is -0.314. The number of nitrogens with zero attached hydrogens (tertiary/aromatic N) is 4. The largest absolute Gasteiger partial charge is 0.332 e. The first-order valence-electron chi connectivity index (χ1n) is 10.7. The van der Waals surface area contributed by atoms with Crippen LogP contribution in [0.1, 0.15) is 4.88 Å². The third-order valence-electron chi connectivity index (χ3n) is 5.45. The fourth-order valence-electron chi connectivity index (χ4n) is 3.89. The highest BCUT2D eigenvalue weighted by atomic mass is 32.1.